The number of piperidine rings is 1. The summed E-state index contributed by atoms with van der Waals surface area (Å²) in [6.07, 6.45) is -1.41. The summed E-state index contributed by atoms with van der Waals surface area (Å²) in [6, 6.07) is 2.94. The quantitative estimate of drug-likeness (QED) is 0.857. The van der Waals surface area contributed by atoms with Crippen molar-refractivity contribution in [1.29, 1.82) is 0 Å². The number of anilines is 1. The van der Waals surface area contributed by atoms with Gasteiger partial charge < -0.3 is 10.6 Å². The van der Waals surface area contributed by atoms with Crippen molar-refractivity contribution >= 4 is 5.82 Å². The number of hydrogen-bond acceptors (Lipinski definition) is 3. The highest BCUT2D eigenvalue weighted by Crippen LogP contribution is 2.29. The molecule has 1 aromatic rings. The summed E-state index contributed by atoms with van der Waals surface area (Å²) in [5, 5.41) is 6.49. The molecule has 2 unspecified atom stereocenters. The maximum atomic E-state index is 12.4. The fourth-order valence-corrected chi connectivity index (χ4v) is 2.08. The number of halogens is 3. The van der Waals surface area contributed by atoms with E-state index in [4.69, 9.17) is 0 Å². The van der Waals surface area contributed by atoms with Crippen LogP contribution in [-0.4, -0.2) is 23.6 Å². The second-order valence-electron chi connectivity index (χ2n) is 4.57. The van der Waals surface area contributed by atoms with Gasteiger partial charge in [0.05, 0.1) is 5.56 Å². The number of rotatable bonds is 2. The van der Waals surface area contributed by atoms with Gasteiger partial charge in [-0.05, 0) is 38.4 Å². The Balaban J connectivity index is 2.02. The Morgan fingerprint density at radius 3 is 2.72 bits per heavy atom. The lowest BCUT2D eigenvalue weighted by molar-refractivity contribution is -0.137. The first-order valence-corrected chi connectivity index (χ1v) is 6.00. The fourth-order valence-electron chi connectivity index (χ4n) is 2.08. The first kappa shape index (κ1) is 13.1. The summed E-state index contributed by atoms with van der Waals surface area (Å²) in [5.74, 6) is 0.489. The molecule has 2 rings (SSSR count). The van der Waals surface area contributed by atoms with Crippen molar-refractivity contribution in [2.75, 3.05) is 11.9 Å². The number of alkyl halides is 3. The number of nitrogens with one attached hydrogen (secondary N) is 2. The number of hydrogen-bond donors (Lipinski definition) is 2. The average Bonchev–Trinajstić information content (AvgIpc) is 2.32. The predicted molar refractivity (Wildman–Crippen MR) is 63.3 cm³/mol. The number of aromatic nitrogens is 1. The highest BCUT2D eigenvalue weighted by molar-refractivity contribution is 5.37. The minimum atomic E-state index is -4.33. The van der Waals surface area contributed by atoms with Crippen LogP contribution >= 0.6 is 0 Å². The van der Waals surface area contributed by atoms with E-state index in [2.05, 4.69) is 22.5 Å². The zero-order chi connectivity index (χ0) is 13.2. The van der Waals surface area contributed by atoms with Crippen LogP contribution in [0.15, 0.2) is 18.3 Å². The van der Waals surface area contributed by atoms with Gasteiger partial charge in [0, 0.05) is 18.3 Å². The van der Waals surface area contributed by atoms with Crippen molar-refractivity contribution in [2.45, 2.75) is 38.0 Å². The van der Waals surface area contributed by atoms with Crippen LogP contribution < -0.4 is 10.6 Å². The topological polar surface area (TPSA) is 37.0 Å². The van der Waals surface area contributed by atoms with Crippen LogP contribution in [0.2, 0.25) is 0 Å². The lowest BCUT2D eigenvalue weighted by Gasteiger charge is -2.31. The minimum Gasteiger partial charge on any atom is -0.366 e. The van der Waals surface area contributed by atoms with E-state index in [0.717, 1.165) is 31.6 Å². The molecule has 6 heteroatoms. The lowest BCUT2D eigenvalue weighted by atomic mass is 10.00. The van der Waals surface area contributed by atoms with Gasteiger partial charge in [0.15, 0.2) is 0 Å². The molecule has 1 saturated heterocycles. The Labute approximate surface area is 104 Å². The molecule has 2 N–H and O–H groups in total. The van der Waals surface area contributed by atoms with Gasteiger partial charge in [-0.25, -0.2) is 4.98 Å². The third-order valence-electron chi connectivity index (χ3n) is 3.19. The minimum absolute atomic E-state index is 0.211. The van der Waals surface area contributed by atoms with Gasteiger partial charge in [0.1, 0.15) is 5.82 Å². The third-order valence-corrected chi connectivity index (χ3v) is 3.19. The van der Waals surface area contributed by atoms with Crippen LogP contribution in [0, 0.1) is 0 Å². The Morgan fingerprint density at radius 2 is 2.17 bits per heavy atom. The molecule has 1 aliphatic rings. The molecule has 0 aromatic carbocycles. The molecule has 1 aliphatic heterocycles. The van der Waals surface area contributed by atoms with E-state index in [9.17, 15) is 13.2 Å². The summed E-state index contributed by atoms with van der Waals surface area (Å²) < 4.78 is 37.1. The van der Waals surface area contributed by atoms with Gasteiger partial charge in [-0.1, -0.05) is 0 Å². The molecule has 2 atom stereocenters. The molecule has 2 heterocycles. The second-order valence-corrected chi connectivity index (χ2v) is 4.57. The molecular weight excluding hydrogens is 243 g/mol. The molecule has 0 bridgehead atoms. The molecule has 0 amide bonds. The molecule has 0 saturated carbocycles. The smallest absolute Gasteiger partial charge is 0.366 e. The van der Waals surface area contributed by atoms with E-state index in [1.165, 1.54) is 6.07 Å². The summed E-state index contributed by atoms with van der Waals surface area (Å²) in [5.41, 5.74) is -0.720. The van der Waals surface area contributed by atoms with Gasteiger partial charge in [-0.15, -0.1) is 0 Å². The first-order valence-electron chi connectivity index (χ1n) is 6.00. The van der Waals surface area contributed by atoms with Crippen molar-refractivity contribution in [3.8, 4) is 0 Å². The molecule has 1 aromatic heterocycles. The summed E-state index contributed by atoms with van der Waals surface area (Å²) in [7, 11) is 0. The maximum Gasteiger partial charge on any atom is 0.417 e. The first-order chi connectivity index (χ1) is 8.47. The Morgan fingerprint density at radius 1 is 1.39 bits per heavy atom. The molecule has 0 aliphatic carbocycles. The highest BCUT2D eigenvalue weighted by atomic mass is 19.4. The van der Waals surface area contributed by atoms with Gasteiger partial charge in [0.25, 0.3) is 0 Å². The molecule has 100 valence electrons. The number of pyridine rings is 1. The van der Waals surface area contributed by atoms with Crippen LogP contribution in [0.5, 0.6) is 0 Å². The number of nitrogens with zero attached hydrogens (tertiary/aromatic N) is 1. The summed E-state index contributed by atoms with van der Waals surface area (Å²) >= 11 is 0. The third kappa shape index (κ3) is 3.13. The largest absolute Gasteiger partial charge is 0.417 e. The molecule has 3 nitrogen and oxygen atoms in total. The van der Waals surface area contributed by atoms with E-state index >= 15 is 0 Å². The van der Waals surface area contributed by atoms with Gasteiger partial charge in [-0.2, -0.15) is 13.2 Å². The van der Waals surface area contributed by atoms with Crippen molar-refractivity contribution in [3.63, 3.8) is 0 Å². The van der Waals surface area contributed by atoms with E-state index in [-0.39, 0.29) is 6.04 Å². The Kier molecular flexibility index (Phi) is 3.75. The van der Waals surface area contributed by atoms with Crippen LogP contribution in [0.1, 0.15) is 25.3 Å². The normalized spacial score (nSPS) is 24.9. The predicted octanol–water partition coefficient (Wildman–Crippen LogP) is 2.65. The summed E-state index contributed by atoms with van der Waals surface area (Å²) in [4.78, 5) is 3.81. The SMILES string of the molecule is CC1NCCCC1Nc1ccc(C(F)(F)F)cn1. The zero-order valence-corrected chi connectivity index (χ0v) is 10.1. The van der Waals surface area contributed by atoms with Crippen LogP contribution in [0.4, 0.5) is 19.0 Å². The molecule has 0 radical (unpaired) electrons. The monoisotopic (exact) mass is 259 g/mol. The maximum absolute atomic E-state index is 12.4. The Hall–Kier alpha value is -1.30. The van der Waals surface area contributed by atoms with E-state index in [1.54, 1.807) is 0 Å². The van der Waals surface area contributed by atoms with E-state index < -0.39 is 11.7 Å². The second kappa shape index (κ2) is 5.14. The van der Waals surface area contributed by atoms with E-state index in [0.29, 0.717) is 11.9 Å². The van der Waals surface area contributed by atoms with E-state index in [1.807, 2.05) is 0 Å². The summed E-state index contributed by atoms with van der Waals surface area (Å²) in [6.45, 7) is 3.04. The molecule has 0 spiro atoms. The average molecular weight is 259 g/mol. The molecular formula is C12H16F3N3. The lowest BCUT2D eigenvalue weighted by Crippen LogP contribution is -2.46. The van der Waals surface area contributed by atoms with Crippen LogP contribution in [0.25, 0.3) is 0 Å². The highest BCUT2D eigenvalue weighted by Gasteiger charge is 2.30. The van der Waals surface area contributed by atoms with Crippen molar-refractivity contribution < 1.29 is 13.2 Å². The van der Waals surface area contributed by atoms with Gasteiger partial charge in [-0.3, -0.25) is 0 Å². The van der Waals surface area contributed by atoms with Crippen molar-refractivity contribution in [2.24, 2.45) is 0 Å². The van der Waals surface area contributed by atoms with Gasteiger partial charge >= 0.3 is 6.18 Å². The van der Waals surface area contributed by atoms with Crippen LogP contribution in [0.3, 0.4) is 0 Å². The zero-order valence-electron chi connectivity index (χ0n) is 10.1. The molecule has 18 heavy (non-hydrogen) atoms. The molecule has 1 fully saturated rings. The van der Waals surface area contributed by atoms with Crippen molar-refractivity contribution in [3.05, 3.63) is 23.9 Å². The van der Waals surface area contributed by atoms with Crippen molar-refractivity contribution in [1.82, 2.24) is 10.3 Å². The van der Waals surface area contributed by atoms with Gasteiger partial charge in [0.2, 0.25) is 0 Å². The Bertz CT molecular complexity index is 389. The fraction of sp³-hybridized carbons (Fsp3) is 0.583. The van der Waals surface area contributed by atoms with Crippen LogP contribution in [-0.2, 0) is 6.18 Å². The standard InChI is InChI=1S/C12H16F3N3/c1-8-10(3-2-6-16-8)18-11-5-4-9(7-17-11)12(13,14)15/h4-5,7-8,10,16H,2-3,6H2,1H3,(H,17,18).